The molecule has 0 amide bonds. The van der Waals surface area contributed by atoms with E-state index in [9.17, 15) is 0 Å². The quantitative estimate of drug-likeness (QED) is 0.656. The topological polar surface area (TPSA) is 72.0 Å². The number of amidine groups is 1. The molecule has 0 radical (unpaired) electrons. The minimum Gasteiger partial charge on any atom is -0.486 e. The van der Waals surface area contributed by atoms with Gasteiger partial charge in [-0.3, -0.25) is 5.41 Å². The summed E-state index contributed by atoms with van der Waals surface area (Å²) in [6.45, 7) is 4.29. The van der Waals surface area contributed by atoms with Gasteiger partial charge in [0.2, 0.25) is 0 Å². The summed E-state index contributed by atoms with van der Waals surface area (Å²) < 4.78 is 5.63. The largest absolute Gasteiger partial charge is 0.486 e. The summed E-state index contributed by atoms with van der Waals surface area (Å²) in [5, 5.41) is 8.25. The molecular weight excluding hydrogens is 246 g/mol. The summed E-state index contributed by atoms with van der Waals surface area (Å²) in [5.74, 6) is 0.879. The van der Waals surface area contributed by atoms with Crippen molar-refractivity contribution in [3.8, 4) is 5.75 Å². The predicted molar refractivity (Wildman–Crippen MR) is 73.4 cm³/mol. The molecule has 0 aliphatic heterocycles. The summed E-state index contributed by atoms with van der Waals surface area (Å²) in [5.41, 5.74) is 7.45. The number of hydrogen-bond acceptors (Lipinski definition) is 4. The molecule has 0 aliphatic rings. The highest BCUT2D eigenvalue weighted by molar-refractivity contribution is 7.13. The van der Waals surface area contributed by atoms with E-state index in [0.29, 0.717) is 6.61 Å². The van der Waals surface area contributed by atoms with E-state index in [1.54, 1.807) is 0 Å². The lowest BCUT2D eigenvalue weighted by atomic mass is 10.2. The molecular formula is C13H15N3OS. The Labute approximate surface area is 110 Å². The monoisotopic (exact) mass is 261 g/mol. The second-order valence-corrected chi connectivity index (χ2v) is 5.12. The highest BCUT2D eigenvalue weighted by Gasteiger charge is 2.10. The lowest BCUT2D eigenvalue weighted by Crippen LogP contribution is -2.10. The van der Waals surface area contributed by atoms with Gasteiger partial charge >= 0.3 is 0 Å². The molecule has 0 spiro atoms. The minimum absolute atomic E-state index is 0.0617. The molecule has 0 aliphatic carbocycles. The standard InChI is InChI=1S/C13H15N3OS/c1-8-3-5-10(6-4-8)17-7-11-16-9(2)12(18-11)13(14)15/h3-6H,7H2,1-2H3,(H3,14,15). The van der Waals surface area contributed by atoms with Gasteiger partial charge in [-0.25, -0.2) is 4.98 Å². The second-order valence-electron chi connectivity index (χ2n) is 4.04. The Morgan fingerprint density at radius 3 is 2.56 bits per heavy atom. The number of hydrogen-bond donors (Lipinski definition) is 2. The van der Waals surface area contributed by atoms with Crippen molar-refractivity contribution in [1.82, 2.24) is 4.98 Å². The fourth-order valence-corrected chi connectivity index (χ4v) is 2.38. The molecule has 18 heavy (non-hydrogen) atoms. The first-order valence-electron chi connectivity index (χ1n) is 5.56. The van der Waals surface area contributed by atoms with Crippen molar-refractivity contribution in [2.75, 3.05) is 0 Å². The molecule has 0 bridgehead atoms. The number of ether oxygens (including phenoxy) is 1. The molecule has 1 aromatic carbocycles. The van der Waals surface area contributed by atoms with Crippen molar-refractivity contribution in [2.45, 2.75) is 20.5 Å². The van der Waals surface area contributed by atoms with Crippen molar-refractivity contribution >= 4 is 17.2 Å². The van der Waals surface area contributed by atoms with E-state index in [2.05, 4.69) is 4.98 Å². The van der Waals surface area contributed by atoms with Gasteiger partial charge in [-0.05, 0) is 26.0 Å². The normalized spacial score (nSPS) is 10.3. The second kappa shape index (κ2) is 5.18. The van der Waals surface area contributed by atoms with Gasteiger partial charge in [0.25, 0.3) is 0 Å². The first kappa shape index (κ1) is 12.6. The van der Waals surface area contributed by atoms with Crippen molar-refractivity contribution in [1.29, 1.82) is 5.41 Å². The van der Waals surface area contributed by atoms with Crippen LogP contribution in [0.5, 0.6) is 5.75 Å². The van der Waals surface area contributed by atoms with E-state index < -0.39 is 0 Å². The molecule has 0 fully saturated rings. The molecule has 0 saturated heterocycles. The Hall–Kier alpha value is -1.88. The number of rotatable bonds is 4. The molecule has 3 N–H and O–H groups in total. The molecule has 94 valence electrons. The SMILES string of the molecule is Cc1ccc(OCc2nc(C)c(C(=N)N)s2)cc1. The molecule has 2 aromatic rings. The number of thiazole rings is 1. The molecule has 0 atom stereocenters. The Balaban J connectivity index is 2.04. The zero-order chi connectivity index (χ0) is 13.1. The van der Waals surface area contributed by atoms with Gasteiger partial charge in [0.1, 0.15) is 23.2 Å². The van der Waals surface area contributed by atoms with Crippen molar-refractivity contribution < 1.29 is 4.74 Å². The van der Waals surface area contributed by atoms with Crippen LogP contribution >= 0.6 is 11.3 Å². The van der Waals surface area contributed by atoms with Gasteiger partial charge in [0.15, 0.2) is 0 Å². The first-order valence-corrected chi connectivity index (χ1v) is 6.38. The molecule has 5 heteroatoms. The van der Waals surface area contributed by atoms with E-state index >= 15 is 0 Å². The van der Waals surface area contributed by atoms with Crippen LogP contribution in [-0.4, -0.2) is 10.8 Å². The number of nitrogens with one attached hydrogen (secondary N) is 1. The van der Waals surface area contributed by atoms with Crippen molar-refractivity contribution in [3.05, 3.63) is 45.4 Å². The van der Waals surface area contributed by atoms with Gasteiger partial charge in [0, 0.05) is 0 Å². The number of aromatic nitrogens is 1. The Kier molecular flexibility index (Phi) is 3.62. The van der Waals surface area contributed by atoms with Crippen LogP contribution in [0, 0.1) is 19.3 Å². The zero-order valence-electron chi connectivity index (χ0n) is 10.4. The molecule has 1 aromatic heterocycles. The summed E-state index contributed by atoms with van der Waals surface area (Å²) in [7, 11) is 0. The van der Waals surface area contributed by atoms with Crippen LogP contribution in [0.2, 0.25) is 0 Å². The third kappa shape index (κ3) is 2.87. The average Bonchev–Trinajstić information content (AvgIpc) is 2.70. The summed E-state index contributed by atoms with van der Waals surface area (Å²) >= 11 is 1.40. The maximum Gasteiger partial charge on any atom is 0.140 e. The smallest absolute Gasteiger partial charge is 0.140 e. The molecule has 4 nitrogen and oxygen atoms in total. The maximum atomic E-state index is 7.42. The fourth-order valence-electron chi connectivity index (χ4n) is 1.54. The number of nitrogens with two attached hydrogens (primary N) is 1. The van der Waals surface area contributed by atoms with E-state index in [0.717, 1.165) is 21.3 Å². The average molecular weight is 261 g/mol. The van der Waals surface area contributed by atoms with Crippen LogP contribution in [0.4, 0.5) is 0 Å². The van der Waals surface area contributed by atoms with Crippen LogP contribution in [0.3, 0.4) is 0 Å². The van der Waals surface area contributed by atoms with Gasteiger partial charge in [0.05, 0.1) is 10.6 Å². The van der Waals surface area contributed by atoms with Crippen LogP contribution in [0.25, 0.3) is 0 Å². The molecule has 2 rings (SSSR count). The Morgan fingerprint density at radius 2 is 2.00 bits per heavy atom. The van der Waals surface area contributed by atoms with Crippen molar-refractivity contribution in [3.63, 3.8) is 0 Å². The van der Waals surface area contributed by atoms with Gasteiger partial charge in [-0.2, -0.15) is 0 Å². The fraction of sp³-hybridized carbons (Fsp3) is 0.231. The Bertz CT molecular complexity index is 560. The van der Waals surface area contributed by atoms with Crippen LogP contribution in [0.1, 0.15) is 21.1 Å². The third-order valence-corrected chi connectivity index (χ3v) is 3.63. The molecule has 0 saturated carbocycles. The zero-order valence-corrected chi connectivity index (χ0v) is 11.2. The van der Waals surface area contributed by atoms with E-state index in [1.165, 1.54) is 16.9 Å². The maximum absolute atomic E-state index is 7.42. The van der Waals surface area contributed by atoms with Crippen LogP contribution < -0.4 is 10.5 Å². The highest BCUT2D eigenvalue weighted by atomic mass is 32.1. The van der Waals surface area contributed by atoms with E-state index in [4.69, 9.17) is 15.9 Å². The van der Waals surface area contributed by atoms with E-state index in [1.807, 2.05) is 38.1 Å². The third-order valence-electron chi connectivity index (χ3n) is 2.47. The lowest BCUT2D eigenvalue weighted by molar-refractivity contribution is 0.305. The number of nitrogens with zero attached hydrogens (tertiary/aromatic N) is 1. The minimum atomic E-state index is 0.0617. The Morgan fingerprint density at radius 1 is 1.33 bits per heavy atom. The van der Waals surface area contributed by atoms with Gasteiger partial charge < -0.3 is 10.5 Å². The van der Waals surface area contributed by atoms with Gasteiger partial charge in [-0.1, -0.05) is 17.7 Å². The number of aryl methyl sites for hydroxylation is 2. The summed E-state index contributed by atoms with van der Waals surface area (Å²) in [6, 6.07) is 7.87. The van der Waals surface area contributed by atoms with Crippen molar-refractivity contribution in [2.24, 2.45) is 5.73 Å². The van der Waals surface area contributed by atoms with E-state index in [-0.39, 0.29) is 5.84 Å². The lowest BCUT2D eigenvalue weighted by Gasteiger charge is -2.03. The van der Waals surface area contributed by atoms with Crippen LogP contribution in [0.15, 0.2) is 24.3 Å². The highest BCUT2D eigenvalue weighted by Crippen LogP contribution is 2.20. The predicted octanol–water partition coefficient (Wildman–Crippen LogP) is 2.62. The number of nitrogen functional groups attached to an aromatic ring is 1. The number of benzene rings is 1. The van der Waals surface area contributed by atoms with Gasteiger partial charge in [-0.15, -0.1) is 11.3 Å². The first-order chi connectivity index (χ1) is 8.56. The molecule has 0 unspecified atom stereocenters. The summed E-state index contributed by atoms with van der Waals surface area (Å²) in [4.78, 5) is 5.06. The summed E-state index contributed by atoms with van der Waals surface area (Å²) in [6.07, 6.45) is 0. The molecule has 1 heterocycles. The van der Waals surface area contributed by atoms with Crippen LogP contribution in [-0.2, 0) is 6.61 Å².